The monoisotopic (exact) mass is 306 g/mol. The summed E-state index contributed by atoms with van der Waals surface area (Å²) < 4.78 is 0. The number of hydrogen-bond donors (Lipinski definition) is 1. The molecule has 0 aromatic heterocycles. The zero-order chi connectivity index (χ0) is 16.0. The molecule has 4 heteroatoms. The van der Waals surface area contributed by atoms with E-state index in [2.05, 4.69) is 30.4 Å². The van der Waals surface area contributed by atoms with Gasteiger partial charge in [-0.05, 0) is 47.7 Å². The van der Waals surface area contributed by atoms with Crippen LogP contribution in [0.4, 0.5) is 5.69 Å². The number of carbonyl (C=O) groups excluding carboxylic acids is 2. The summed E-state index contributed by atoms with van der Waals surface area (Å²) in [6.07, 6.45) is 1.08. The Morgan fingerprint density at radius 2 is 1.96 bits per heavy atom. The molecule has 0 bridgehead atoms. The van der Waals surface area contributed by atoms with Crippen molar-refractivity contribution in [1.29, 1.82) is 0 Å². The number of aryl methyl sites for hydroxylation is 1. The van der Waals surface area contributed by atoms with Crippen molar-refractivity contribution in [3.8, 4) is 11.1 Å². The van der Waals surface area contributed by atoms with Crippen LogP contribution in [-0.2, 0) is 16.1 Å². The lowest BCUT2D eigenvalue weighted by Gasteiger charge is -2.20. The maximum Gasteiger partial charge on any atom is 0.247 e. The molecule has 1 N–H and O–H groups in total. The highest BCUT2D eigenvalue weighted by Crippen LogP contribution is 2.33. The summed E-state index contributed by atoms with van der Waals surface area (Å²) in [4.78, 5) is 26.1. The Labute approximate surface area is 135 Å². The van der Waals surface area contributed by atoms with Crippen LogP contribution in [0.1, 0.15) is 24.0 Å². The first-order valence-corrected chi connectivity index (χ1v) is 7.93. The van der Waals surface area contributed by atoms with Gasteiger partial charge in [-0.2, -0.15) is 0 Å². The van der Waals surface area contributed by atoms with Gasteiger partial charge < -0.3 is 10.2 Å². The summed E-state index contributed by atoms with van der Waals surface area (Å²) in [6.45, 7) is 2.58. The topological polar surface area (TPSA) is 49.4 Å². The molecule has 2 aliphatic heterocycles. The number of amides is 2. The molecule has 2 amide bonds. The fourth-order valence-electron chi connectivity index (χ4n) is 3.51. The number of rotatable bonds is 1. The molecule has 0 radical (unpaired) electrons. The lowest BCUT2D eigenvalue weighted by atomic mass is 9.98. The fraction of sp³-hybridized carbons (Fsp3) is 0.263. The quantitative estimate of drug-likeness (QED) is 0.880. The maximum absolute atomic E-state index is 12.3. The Bertz CT molecular complexity index is 813. The van der Waals surface area contributed by atoms with Crippen molar-refractivity contribution in [2.45, 2.75) is 32.4 Å². The molecule has 0 aliphatic carbocycles. The van der Waals surface area contributed by atoms with Gasteiger partial charge in [0.2, 0.25) is 11.8 Å². The summed E-state index contributed by atoms with van der Waals surface area (Å²) in [5.74, 6) is -0.00228. The standard InChI is InChI=1S/C19H18N2O2/c1-12-4-2-3-5-15(12)13-6-7-16-14(10-13)11-21-17(19(23)20-16)8-9-18(21)22/h2-7,10,17H,8-9,11H2,1H3,(H,20,23)/t17-/m0/s1. The van der Waals surface area contributed by atoms with Gasteiger partial charge in [0.15, 0.2) is 0 Å². The Morgan fingerprint density at radius 3 is 2.78 bits per heavy atom. The first kappa shape index (κ1) is 14.0. The van der Waals surface area contributed by atoms with Gasteiger partial charge in [0.05, 0.1) is 0 Å². The molecule has 2 aromatic rings. The van der Waals surface area contributed by atoms with Gasteiger partial charge in [-0.25, -0.2) is 0 Å². The lowest BCUT2D eigenvalue weighted by molar-refractivity contribution is -0.133. The number of carbonyl (C=O) groups is 2. The largest absolute Gasteiger partial charge is 0.326 e. The molecule has 23 heavy (non-hydrogen) atoms. The first-order chi connectivity index (χ1) is 11.1. The number of fused-ring (bicyclic) bond motifs is 2. The summed E-state index contributed by atoms with van der Waals surface area (Å²) >= 11 is 0. The van der Waals surface area contributed by atoms with E-state index in [-0.39, 0.29) is 17.9 Å². The van der Waals surface area contributed by atoms with Crippen LogP contribution in [-0.4, -0.2) is 22.8 Å². The minimum Gasteiger partial charge on any atom is -0.326 e. The van der Waals surface area contributed by atoms with Crippen molar-refractivity contribution in [3.63, 3.8) is 0 Å². The smallest absolute Gasteiger partial charge is 0.247 e. The molecule has 1 atom stereocenters. The van der Waals surface area contributed by atoms with Crippen LogP contribution in [0.15, 0.2) is 42.5 Å². The van der Waals surface area contributed by atoms with Crippen LogP contribution in [0.5, 0.6) is 0 Å². The molecule has 0 spiro atoms. The van der Waals surface area contributed by atoms with Crippen molar-refractivity contribution in [2.75, 3.05) is 5.32 Å². The Morgan fingerprint density at radius 1 is 1.13 bits per heavy atom. The van der Waals surface area contributed by atoms with Crippen molar-refractivity contribution in [1.82, 2.24) is 4.90 Å². The fourth-order valence-corrected chi connectivity index (χ4v) is 3.51. The average Bonchev–Trinajstić information content (AvgIpc) is 2.83. The summed E-state index contributed by atoms with van der Waals surface area (Å²) in [7, 11) is 0. The predicted molar refractivity (Wildman–Crippen MR) is 88.8 cm³/mol. The minimum absolute atomic E-state index is 0.0688. The van der Waals surface area contributed by atoms with Crippen molar-refractivity contribution in [2.24, 2.45) is 0 Å². The van der Waals surface area contributed by atoms with Crippen LogP contribution in [0.2, 0.25) is 0 Å². The van der Waals surface area contributed by atoms with Crippen molar-refractivity contribution >= 4 is 17.5 Å². The van der Waals surface area contributed by atoms with E-state index in [1.54, 1.807) is 4.90 Å². The predicted octanol–water partition coefficient (Wildman–Crippen LogP) is 3.11. The van der Waals surface area contributed by atoms with Crippen molar-refractivity contribution in [3.05, 3.63) is 53.6 Å². The molecule has 0 unspecified atom stereocenters. The third-order valence-electron chi connectivity index (χ3n) is 4.79. The Hall–Kier alpha value is -2.62. The molecular weight excluding hydrogens is 288 g/mol. The summed E-state index contributed by atoms with van der Waals surface area (Å²) in [5.41, 5.74) is 5.31. The normalized spacial score (nSPS) is 19.9. The van der Waals surface area contributed by atoms with Gasteiger partial charge in [0, 0.05) is 18.7 Å². The van der Waals surface area contributed by atoms with Gasteiger partial charge in [0.25, 0.3) is 0 Å². The molecule has 4 nitrogen and oxygen atoms in total. The maximum atomic E-state index is 12.3. The highest BCUT2D eigenvalue weighted by molar-refractivity contribution is 6.00. The third-order valence-corrected chi connectivity index (χ3v) is 4.79. The first-order valence-electron chi connectivity index (χ1n) is 7.93. The van der Waals surface area contributed by atoms with E-state index < -0.39 is 0 Å². The van der Waals surface area contributed by atoms with Gasteiger partial charge in [-0.3, -0.25) is 9.59 Å². The van der Waals surface area contributed by atoms with Crippen LogP contribution in [0.3, 0.4) is 0 Å². The highest BCUT2D eigenvalue weighted by Gasteiger charge is 2.38. The van der Waals surface area contributed by atoms with Gasteiger partial charge in [-0.1, -0.05) is 30.3 Å². The van der Waals surface area contributed by atoms with E-state index >= 15 is 0 Å². The van der Waals surface area contributed by atoms with Crippen molar-refractivity contribution < 1.29 is 9.59 Å². The SMILES string of the molecule is Cc1ccccc1-c1ccc2c(c1)CN1C(=O)CC[C@H]1C(=O)N2. The van der Waals surface area contributed by atoms with E-state index in [1.807, 2.05) is 24.3 Å². The second-order valence-electron chi connectivity index (χ2n) is 6.25. The van der Waals surface area contributed by atoms with E-state index in [9.17, 15) is 9.59 Å². The Kier molecular flexibility index (Phi) is 3.18. The molecule has 2 aliphatic rings. The molecule has 2 heterocycles. The second-order valence-corrected chi connectivity index (χ2v) is 6.25. The van der Waals surface area contributed by atoms with E-state index in [0.29, 0.717) is 19.4 Å². The highest BCUT2D eigenvalue weighted by atomic mass is 16.2. The van der Waals surface area contributed by atoms with Crippen LogP contribution in [0.25, 0.3) is 11.1 Å². The average molecular weight is 306 g/mol. The number of nitrogens with zero attached hydrogens (tertiary/aromatic N) is 1. The minimum atomic E-state index is -0.322. The number of nitrogens with one attached hydrogen (secondary N) is 1. The number of benzene rings is 2. The lowest BCUT2D eigenvalue weighted by Crippen LogP contribution is -2.38. The molecular formula is C19H18N2O2. The molecule has 116 valence electrons. The number of anilines is 1. The van der Waals surface area contributed by atoms with Gasteiger partial charge >= 0.3 is 0 Å². The van der Waals surface area contributed by atoms with Crippen LogP contribution >= 0.6 is 0 Å². The van der Waals surface area contributed by atoms with E-state index in [4.69, 9.17) is 0 Å². The van der Waals surface area contributed by atoms with Gasteiger partial charge in [0.1, 0.15) is 6.04 Å². The second kappa shape index (κ2) is 5.23. The zero-order valence-corrected chi connectivity index (χ0v) is 13.0. The molecule has 1 fully saturated rings. The number of hydrogen-bond acceptors (Lipinski definition) is 2. The molecule has 1 saturated heterocycles. The van der Waals surface area contributed by atoms with Crippen LogP contribution in [0, 0.1) is 6.92 Å². The third kappa shape index (κ3) is 2.31. The zero-order valence-electron chi connectivity index (χ0n) is 13.0. The molecule has 0 saturated carbocycles. The van der Waals surface area contributed by atoms with E-state index in [0.717, 1.165) is 16.8 Å². The van der Waals surface area contributed by atoms with Crippen LogP contribution < -0.4 is 5.32 Å². The van der Waals surface area contributed by atoms with Gasteiger partial charge in [-0.15, -0.1) is 0 Å². The molecule has 4 rings (SSSR count). The Balaban J connectivity index is 1.78. The summed E-state index contributed by atoms with van der Waals surface area (Å²) in [5, 5.41) is 2.97. The summed E-state index contributed by atoms with van der Waals surface area (Å²) in [6, 6.07) is 14.0. The molecule has 2 aromatic carbocycles. The van der Waals surface area contributed by atoms with E-state index in [1.165, 1.54) is 11.1 Å².